The fourth-order valence-corrected chi connectivity index (χ4v) is 2.99. The molecule has 0 bridgehead atoms. The Morgan fingerprint density at radius 2 is 2.00 bits per heavy atom. The van der Waals surface area contributed by atoms with Crippen LogP contribution in [-0.4, -0.2) is 40.1 Å². The average Bonchev–Trinajstić information content (AvgIpc) is 2.62. The van der Waals surface area contributed by atoms with Gasteiger partial charge in [-0.3, -0.25) is 4.98 Å². The molecule has 1 fully saturated rings. The Morgan fingerprint density at radius 3 is 2.65 bits per heavy atom. The van der Waals surface area contributed by atoms with Gasteiger partial charge in [-0.2, -0.15) is 0 Å². The summed E-state index contributed by atoms with van der Waals surface area (Å²) < 4.78 is 5.84. The largest absolute Gasteiger partial charge is 0.471 e. The number of hydrogen-bond donors (Lipinski definition) is 1. The molecule has 138 valence electrons. The number of urea groups is 1. The van der Waals surface area contributed by atoms with E-state index in [2.05, 4.69) is 48.2 Å². The fourth-order valence-electron chi connectivity index (χ4n) is 2.99. The van der Waals surface area contributed by atoms with Crippen molar-refractivity contribution in [2.45, 2.75) is 45.1 Å². The highest BCUT2D eigenvalue weighted by atomic mass is 16.5. The van der Waals surface area contributed by atoms with Crippen LogP contribution in [0.5, 0.6) is 5.88 Å². The van der Waals surface area contributed by atoms with Gasteiger partial charge in [0.2, 0.25) is 5.88 Å². The molecular formula is C20H26N4O2. The van der Waals surface area contributed by atoms with Crippen molar-refractivity contribution in [1.29, 1.82) is 0 Å². The molecule has 0 spiro atoms. The number of carbonyl (C=O) groups excluding carboxylic acids is 1. The number of nitrogens with zero attached hydrogens (tertiary/aromatic N) is 3. The molecule has 1 unspecified atom stereocenters. The third kappa shape index (κ3) is 4.71. The predicted octanol–water partition coefficient (Wildman–Crippen LogP) is 3.85. The second-order valence-corrected chi connectivity index (χ2v) is 7.63. The maximum Gasteiger partial charge on any atom is 0.321 e. The number of anilines is 1. The Labute approximate surface area is 154 Å². The van der Waals surface area contributed by atoms with Gasteiger partial charge in [-0.05, 0) is 36.0 Å². The van der Waals surface area contributed by atoms with Crippen molar-refractivity contribution < 1.29 is 9.53 Å². The Morgan fingerprint density at radius 1 is 1.23 bits per heavy atom. The summed E-state index contributed by atoms with van der Waals surface area (Å²) in [5, 5.41) is 2.98. The lowest BCUT2D eigenvalue weighted by molar-refractivity contribution is 0.102. The molecule has 2 aromatic rings. The van der Waals surface area contributed by atoms with Gasteiger partial charge < -0.3 is 15.0 Å². The molecule has 1 atom stereocenters. The van der Waals surface area contributed by atoms with Gasteiger partial charge >= 0.3 is 6.03 Å². The lowest BCUT2D eigenvalue weighted by Gasteiger charge is -2.32. The van der Waals surface area contributed by atoms with Crippen LogP contribution in [0.15, 0.2) is 42.9 Å². The first kappa shape index (κ1) is 18.2. The zero-order valence-corrected chi connectivity index (χ0v) is 15.6. The Bertz CT molecular complexity index is 726. The van der Waals surface area contributed by atoms with Gasteiger partial charge in [0.15, 0.2) is 0 Å². The topological polar surface area (TPSA) is 67.4 Å². The molecule has 0 radical (unpaired) electrons. The number of aromatic nitrogens is 2. The lowest BCUT2D eigenvalue weighted by atomic mass is 9.87. The van der Waals surface area contributed by atoms with E-state index in [1.807, 2.05) is 12.1 Å². The number of rotatable bonds is 3. The maximum absolute atomic E-state index is 12.6. The molecule has 1 aliphatic heterocycles. The number of carbonyl (C=O) groups is 1. The van der Waals surface area contributed by atoms with Gasteiger partial charge in [-0.1, -0.05) is 32.9 Å². The molecule has 26 heavy (non-hydrogen) atoms. The molecule has 1 N–H and O–H groups in total. The number of piperidine rings is 1. The summed E-state index contributed by atoms with van der Waals surface area (Å²) in [6, 6.07) is 7.93. The van der Waals surface area contributed by atoms with Crippen molar-refractivity contribution in [3.8, 4) is 5.88 Å². The first-order valence-corrected chi connectivity index (χ1v) is 9.01. The number of likely N-dealkylation sites (tertiary alicyclic amines) is 1. The zero-order chi connectivity index (χ0) is 18.6. The summed E-state index contributed by atoms with van der Waals surface area (Å²) in [4.78, 5) is 22.5. The number of benzene rings is 1. The minimum Gasteiger partial charge on any atom is -0.471 e. The van der Waals surface area contributed by atoms with Crippen molar-refractivity contribution in [3.05, 3.63) is 48.4 Å². The minimum atomic E-state index is -0.0963. The molecule has 6 nitrogen and oxygen atoms in total. The van der Waals surface area contributed by atoms with Crippen LogP contribution in [-0.2, 0) is 5.41 Å². The van der Waals surface area contributed by atoms with E-state index in [4.69, 9.17) is 4.74 Å². The summed E-state index contributed by atoms with van der Waals surface area (Å²) in [6.45, 7) is 7.79. The van der Waals surface area contributed by atoms with Crippen molar-refractivity contribution in [2.24, 2.45) is 0 Å². The molecule has 1 aromatic carbocycles. The van der Waals surface area contributed by atoms with Gasteiger partial charge in [-0.25, -0.2) is 9.78 Å². The first-order chi connectivity index (χ1) is 12.4. The standard InChI is InChI=1S/C20H26N4O2/c1-20(2,3)15-6-8-16(9-7-15)23-19(25)24-12-4-5-17(14-24)26-18-13-21-10-11-22-18/h6-11,13,17H,4-5,12,14H2,1-3H3,(H,23,25). The van der Waals surface area contributed by atoms with Gasteiger partial charge in [0.25, 0.3) is 0 Å². The van der Waals surface area contributed by atoms with Gasteiger partial charge in [-0.15, -0.1) is 0 Å². The van der Waals surface area contributed by atoms with Crippen LogP contribution in [0.3, 0.4) is 0 Å². The number of nitrogens with one attached hydrogen (secondary N) is 1. The highest BCUT2D eigenvalue weighted by molar-refractivity contribution is 5.89. The summed E-state index contributed by atoms with van der Waals surface area (Å²) in [7, 11) is 0. The summed E-state index contributed by atoms with van der Waals surface area (Å²) >= 11 is 0. The summed E-state index contributed by atoms with van der Waals surface area (Å²) in [5.41, 5.74) is 2.14. The van der Waals surface area contributed by atoms with Crippen LogP contribution in [0.4, 0.5) is 10.5 Å². The lowest BCUT2D eigenvalue weighted by Crippen LogP contribution is -2.46. The van der Waals surface area contributed by atoms with E-state index in [0.29, 0.717) is 12.4 Å². The van der Waals surface area contributed by atoms with E-state index < -0.39 is 0 Å². The van der Waals surface area contributed by atoms with E-state index >= 15 is 0 Å². The normalized spacial score (nSPS) is 17.7. The molecular weight excluding hydrogens is 328 g/mol. The SMILES string of the molecule is CC(C)(C)c1ccc(NC(=O)N2CCCC(Oc3cnccn3)C2)cc1. The van der Waals surface area contributed by atoms with Crippen LogP contribution in [0.2, 0.25) is 0 Å². The van der Waals surface area contributed by atoms with Crippen LogP contribution in [0.25, 0.3) is 0 Å². The minimum absolute atomic E-state index is 0.0607. The van der Waals surface area contributed by atoms with E-state index in [0.717, 1.165) is 25.1 Å². The second kappa shape index (κ2) is 7.72. The van der Waals surface area contributed by atoms with Crippen molar-refractivity contribution in [1.82, 2.24) is 14.9 Å². The third-order valence-electron chi connectivity index (χ3n) is 4.49. The molecule has 2 amide bonds. The number of ether oxygens (including phenoxy) is 1. The van der Waals surface area contributed by atoms with E-state index in [9.17, 15) is 4.79 Å². The molecule has 6 heteroatoms. The van der Waals surface area contributed by atoms with Gasteiger partial charge in [0.1, 0.15) is 6.10 Å². The molecule has 3 rings (SSSR count). The highest BCUT2D eigenvalue weighted by Crippen LogP contribution is 2.24. The van der Waals surface area contributed by atoms with Crippen LogP contribution in [0, 0.1) is 0 Å². The maximum atomic E-state index is 12.6. The Balaban J connectivity index is 1.57. The third-order valence-corrected chi connectivity index (χ3v) is 4.49. The van der Waals surface area contributed by atoms with E-state index in [-0.39, 0.29) is 17.6 Å². The van der Waals surface area contributed by atoms with Crippen LogP contribution < -0.4 is 10.1 Å². The van der Waals surface area contributed by atoms with E-state index in [1.54, 1.807) is 23.5 Å². The molecule has 0 aliphatic carbocycles. The smallest absolute Gasteiger partial charge is 0.321 e. The molecule has 1 aromatic heterocycles. The van der Waals surface area contributed by atoms with Crippen LogP contribution >= 0.6 is 0 Å². The Kier molecular flexibility index (Phi) is 5.40. The van der Waals surface area contributed by atoms with Crippen molar-refractivity contribution in [2.75, 3.05) is 18.4 Å². The number of amides is 2. The first-order valence-electron chi connectivity index (χ1n) is 9.01. The monoisotopic (exact) mass is 354 g/mol. The predicted molar refractivity (Wildman–Crippen MR) is 101 cm³/mol. The summed E-state index contributed by atoms with van der Waals surface area (Å²) in [6.07, 6.45) is 6.55. The zero-order valence-electron chi connectivity index (χ0n) is 15.6. The molecule has 2 heterocycles. The number of hydrogen-bond acceptors (Lipinski definition) is 4. The molecule has 1 saturated heterocycles. The fraction of sp³-hybridized carbons (Fsp3) is 0.450. The van der Waals surface area contributed by atoms with Crippen LogP contribution in [0.1, 0.15) is 39.2 Å². The molecule has 0 saturated carbocycles. The molecule has 1 aliphatic rings. The quantitative estimate of drug-likeness (QED) is 0.909. The van der Waals surface area contributed by atoms with Gasteiger partial charge in [0.05, 0.1) is 12.7 Å². The highest BCUT2D eigenvalue weighted by Gasteiger charge is 2.25. The van der Waals surface area contributed by atoms with Crippen molar-refractivity contribution >= 4 is 11.7 Å². The Hall–Kier alpha value is -2.63. The van der Waals surface area contributed by atoms with E-state index in [1.165, 1.54) is 5.56 Å². The van der Waals surface area contributed by atoms with Gasteiger partial charge in [0, 0.05) is 24.6 Å². The second-order valence-electron chi connectivity index (χ2n) is 7.63. The average molecular weight is 354 g/mol. The summed E-state index contributed by atoms with van der Waals surface area (Å²) in [5.74, 6) is 0.498. The van der Waals surface area contributed by atoms with Crippen molar-refractivity contribution in [3.63, 3.8) is 0 Å².